The maximum Gasteiger partial charge on any atom is 0.237 e. The van der Waals surface area contributed by atoms with Gasteiger partial charge in [0.2, 0.25) is 5.88 Å². The van der Waals surface area contributed by atoms with Crippen molar-refractivity contribution >= 4 is 5.69 Å². The number of hydrogen-bond donors (Lipinski definition) is 1. The highest BCUT2D eigenvalue weighted by molar-refractivity contribution is 5.54. The molecule has 0 fully saturated rings. The molecule has 0 aliphatic carbocycles. The van der Waals surface area contributed by atoms with Gasteiger partial charge in [-0.3, -0.25) is 0 Å². The van der Waals surface area contributed by atoms with E-state index < -0.39 is 5.82 Å². The number of hydrogen-bond acceptors (Lipinski definition) is 4. The van der Waals surface area contributed by atoms with Crippen molar-refractivity contribution in [3.63, 3.8) is 0 Å². The first kappa shape index (κ1) is 11.9. The van der Waals surface area contributed by atoms with Gasteiger partial charge in [-0.15, -0.1) is 0 Å². The normalized spacial score (nSPS) is 9.83. The van der Waals surface area contributed by atoms with Gasteiger partial charge >= 0.3 is 0 Å². The van der Waals surface area contributed by atoms with Crippen molar-refractivity contribution in [3.05, 3.63) is 47.4 Å². The molecule has 0 aliphatic heterocycles. The molecule has 2 N–H and O–H groups in total. The molecule has 0 aliphatic rings. The molecule has 1 aromatic heterocycles. The van der Waals surface area contributed by atoms with E-state index in [9.17, 15) is 4.39 Å². The number of aryl methyl sites for hydroxylation is 1. The SMILES string of the molecule is Cc1ccc(C#N)c(Oc2ccc(F)cc2N)n1. The maximum absolute atomic E-state index is 12.9. The minimum atomic E-state index is -0.447. The molecule has 4 nitrogen and oxygen atoms in total. The Labute approximate surface area is 103 Å². The van der Waals surface area contributed by atoms with E-state index in [1.54, 1.807) is 19.1 Å². The molecule has 2 aromatic rings. The van der Waals surface area contributed by atoms with Gasteiger partial charge in [-0.05, 0) is 31.2 Å². The molecule has 18 heavy (non-hydrogen) atoms. The van der Waals surface area contributed by atoms with Gasteiger partial charge in [0.1, 0.15) is 17.4 Å². The van der Waals surface area contributed by atoms with Gasteiger partial charge in [0.05, 0.1) is 5.69 Å². The second kappa shape index (κ2) is 4.72. The third-order valence-electron chi connectivity index (χ3n) is 2.30. The Morgan fingerprint density at radius 3 is 2.78 bits per heavy atom. The van der Waals surface area contributed by atoms with E-state index >= 15 is 0 Å². The van der Waals surface area contributed by atoms with Crippen molar-refractivity contribution in [2.45, 2.75) is 6.92 Å². The second-order valence-corrected chi connectivity index (χ2v) is 3.70. The lowest BCUT2D eigenvalue weighted by Gasteiger charge is -2.09. The minimum absolute atomic E-state index is 0.155. The number of aromatic nitrogens is 1. The molecule has 0 atom stereocenters. The smallest absolute Gasteiger partial charge is 0.237 e. The van der Waals surface area contributed by atoms with Gasteiger partial charge in [0, 0.05) is 11.8 Å². The summed E-state index contributed by atoms with van der Waals surface area (Å²) in [6.45, 7) is 1.78. The van der Waals surface area contributed by atoms with Crippen LogP contribution in [-0.2, 0) is 0 Å². The highest BCUT2D eigenvalue weighted by Crippen LogP contribution is 2.28. The number of nitrogen functional groups attached to an aromatic ring is 1. The van der Waals surface area contributed by atoms with E-state index in [0.717, 1.165) is 6.07 Å². The largest absolute Gasteiger partial charge is 0.436 e. The van der Waals surface area contributed by atoms with E-state index in [-0.39, 0.29) is 17.3 Å². The number of ether oxygens (including phenoxy) is 1. The highest BCUT2D eigenvalue weighted by atomic mass is 19.1. The summed E-state index contributed by atoms with van der Waals surface area (Å²) in [6, 6.07) is 9.07. The lowest BCUT2D eigenvalue weighted by atomic mass is 10.2. The van der Waals surface area contributed by atoms with Crippen molar-refractivity contribution in [1.29, 1.82) is 5.26 Å². The molecule has 0 saturated heterocycles. The van der Waals surface area contributed by atoms with Crippen molar-refractivity contribution < 1.29 is 9.13 Å². The average molecular weight is 243 g/mol. The first-order valence-corrected chi connectivity index (χ1v) is 5.21. The summed E-state index contributed by atoms with van der Waals surface area (Å²) in [5, 5.41) is 8.94. The van der Waals surface area contributed by atoms with Crippen LogP contribution in [0.3, 0.4) is 0 Å². The molecule has 0 amide bonds. The maximum atomic E-state index is 12.9. The zero-order valence-electron chi connectivity index (χ0n) is 9.64. The Balaban J connectivity index is 2.40. The molecule has 2 rings (SSSR count). The van der Waals surface area contributed by atoms with Crippen LogP contribution in [0.4, 0.5) is 10.1 Å². The molecule has 0 spiro atoms. The van der Waals surface area contributed by atoms with Crippen LogP contribution >= 0.6 is 0 Å². The van der Waals surface area contributed by atoms with Crippen molar-refractivity contribution in [3.8, 4) is 17.7 Å². The molecule has 0 bridgehead atoms. The van der Waals surface area contributed by atoms with Crippen LogP contribution < -0.4 is 10.5 Å². The van der Waals surface area contributed by atoms with E-state index in [1.807, 2.05) is 6.07 Å². The molecule has 0 unspecified atom stereocenters. The van der Waals surface area contributed by atoms with Crippen LogP contribution in [0.25, 0.3) is 0 Å². The fourth-order valence-corrected chi connectivity index (χ4v) is 1.41. The second-order valence-electron chi connectivity index (χ2n) is 3.70. The Kier molecular flexibility index (Phi) is 3.11. The Hall–Kier alpha value is -2.61. The number of rotatable bonds is 2. The Morgan fingerprint density at radius 1 is 1.33 bits per heavy atom. The summed E-state index contributed by atoms with van der Waals surface area (Å²) in [4.78, 5) is 4.11. The van der Waals surface area contributed by atoms with Gasteiger partial charge in [-0.25, -0.2) is 9.37 Å². The number of nitriles is 1. The first-order valence-electron chi connectivity index (χ1n) is 5.21. The topological polar surface area (TPSA) is 71.9 Å². The number of anilines is 1. The summed E-state index contributed by atoms with van der Waals surface area (Å²) in [5.41, 5.74) is 6.79. The molecule has 90 valence electrons. The van der Waals surface area contributed by atoms with E-state index in [1.165, 1.54) is 12.1 Å². The zero-order valence-corrected chi connectivity index (χ0v) is 9.64. The standard InChI is InChI=1S/C13H10FN3O/c1-8-2-3-9(7-15)13(17-8)18-12-5-4-10(14)6-11(12)16/h2-6H,16H2,1H3. The van der Waals surface area contributed by atoms with Gasteiger partial charge in [0.15, 0.2) is 5.75 Å². The fourth-order valence-electron chi connectivity index (χ4n) is 1.41. The fraction of sp³-hybridized carbons (Fsp3) is 0.0769. The summed E-state index contributed by atoms with van der Waals surface area (Å²) in [6.07, 6.45) is 0. The third-order valence-corrected chi connectivity index (χ3v) is 2.30. The number of nitrogens with two attached hydrogens (primary N) is 1. The minimum Gasteiger partial charge on any atom is -0.436 e. The number of benzene rings is 1. The predicted molar refractivity (Wildman–Crippen MR) is 64.6 cm³/mol. The number of nitrogens with zero attached hydrogens (tertiary/aromatic N) is 2. The highest BCUT2D eigenvalue weighted by Gasteiger charge is 2.09. The number of pyridine rings is 1. The molecule has 1 aromatic carbocycles. The molecule has 1 heterocycles. The molecular weight excluding hydrogens is 233 g/mol. The predicted octanol–water partition coefficient (Wildman–Crippen LogP) is 2.78. The average Bonchev–Trinajstić information content (AvgIpc) is 2.33. The van der Waals surface area contributed by atoms with Crippen LogP contribution in [0.5, 0.6) is 11.6 Å². The van der Waals surface area contributed by atoms with Crippen LogP contribution in [0.1, 0.15) is 11.3 Å². The lowest BCUT2D eigenvalue weighted by Crippen LogP contribution is -1.97. The van der Waals surface area contributed by atoms with E-state index in [0.29, 0.717) is 11.3 Å². The monoisotopic (exact) mass is 243 g/mol. The molecule has 5 heteroatoms. The molecule has 0 radical (unpaired) electrons. The Morgan fingerprint density at radius 2 is 2.11 bits per heavy atom. The Bertz CT molecular complexity index is 635. The number of halogens is 1. The zero-order chi connectivity index (χ0) is 13.1. The third kappa shape index (κ3) is 2.38. The summed E-state index contributed by atoms with van der Waals surface area (Å²) in [7, 11) is 0. The lowest BCUT2D eigenvalue weighted by molar-refractivity contribution is 0.460. The van der Waals surface area contributed by atoms with Gasteiger partial charge < -0.3 is 10.5 Å². The van der Waals surface area contributed by atoms with Crippen LogP contribution in [0.15, 0.2) is 30.3 Å². The van der Waals surface area contributed by atoms with Crippen molar-refractivity contribution in [1.82, 2.24) is 4.98 Å². The summed E-state index contributed by atoms with van der Waals surface area (Å²) in [5.74, 6) is -0.0145. The van der Waals surface area contributed by atoms with E-state index in [4.69, 9.17) is 15.7 Å². The van der Waals surface area contributed by atoms with Crippen molar-refractivity contribution in [2.75, 3.05) is 5.73 Å². The first-order chi connectivity index (χ1) is 8.60. The van der Waals surface area contributed by atoms with E-state index in [2.05, 4.69) is 4.98 Å². The molecule has 0 saturated carbocycles. The van der Waals surface area contributed by atoms with Crippen molar-refractivity contribution in [2.24, 2.45) is 0 Å². The van der Waals surface area contributed by atoms with Crippen LogP contribution in [-0.4, -0.2) is 4.98 Å². The van der Waals surface area contributed by atoms with Crippen LogP contribution in [0, 0.1) is 24.1 Å². The van der Waals surface area contributed by atoms with Crippen LogP contribution in [0.2, 0.25) is 0 Å². The van der Waals surface area contributed by atoms with Gasteiger partial charge in [-0.2, -0.15) is 5.26 Å². The molecular formula is C13H10FN3O. The summed E-state index contributed by atoms with van der Waals surface area (Å²) < 4.78 is 18.3. The van der Waals surface area contributed by atoms with Gasteiger partial charge in [0.25, 0.3) is 0 Å². The van der Waals surface area contributed by atoms with Gasteiger partial charge in [-0.1, -0.05) is 0 Å². The quantitative estimate of drug-likeness (QED) is 0.823. The summed E-state index contributed by atoms with van der Waals surface area (Å²) >= 11 is 0.